The summed E-state index contributed by atoms with van der Waals surface area (Å²) >= 11 is 0. The van der Waals surface area contributed by atoms with Gasteiger partial charge in [0, 0.05) is 33.7 Å². The normalized spacial score (nSPS) is 25.0. The van der Waals surface area contributed by atoms with Crippen LogP contribution in [0.25, 0.3) is 10.8 Å². The van der Waals surface area contributed by atoms with Crippen LogP contribution in [0.3, 0.4) is 0 Å². The zero-order valence-corrected chi connectivity index (χ0v) is 11.7. The highest BCUT2D eigenvalue weighted by molar-refractivity contribution is 5.97. The van der Waals surface area contributed by atoms with Crippen molar-refractivity contribution in [3.8, 4) is 11.5 Å². The first-order valence-corrected chi connectivity index (χ1v) is 7.61. The van der Waals surface area contributed by atoms with Gasteiger partial charge in [-0.05, 0) is 6.42 Å². The van der Waals surface area contributed by atoms with Crippen molar-refractivity contribution in [2.75, 3.05) is 13.2 Å². The van der Waals surface area contributed by atoms with E-state index in [1.165, 1.54) is 21.9 Å². The van der Waals surface area contributed by atoms with Gasteiger partial charge >= 0.3 is 0 Å². The molecule has 0 bridgehead atoms. The van der Waals surface area contributed by atoms with Crippen LogP contribution in [0.4, 0.5) is 0 Å². The topological polar surface area (TPSA) is 18.5 Å². The number of benzene rings is 2. The third-order valence-corrected chi connectivity index (χ3v) is 4.83. The highest BCUT2D eigenvalue weighted by Crippen LogP contribution is 2.56. The monoisotopic (exact) mass is 276 g/mol. The molecular formula is C19H16O2. The van der Waals surface area contributed by atoms with Crippen molar-refractivity contribution < 1.29 is 9.47 Å². The predicted molar refractivity (Wildman–Crippen MR) is 83.3 cm³/mol. The van der Waals surface area contributed by atoms with Gasteiger partial charge in [0.2, 0.25) is 0 Å². The Labute approximate surface area is 123 Å². The molecule has 0 aromatic heterocycles. The highest BCUT2D eigenvalue weighted by atomic mass is 16.5. The summed E-state index contributed by atoms with van der Waals surface area (Å²) < 4.78 is 12.2. The first-order chi connectivity index (χ1) is 10.4. The third-order valence-electron chi connectivity index (χ3n) is 4.83. The van der Waals surface area contributed by atoms with Crippen molar-refractivity contribution in [1.29, 1.82) is 0 Å². The molecule has 2 atom stereocenters. The molecule has 0 N–H and O–H groups in total. The van der Waals surface area contributed by atoms with Crippen molar-refractivity contribution in [2.24, 2.45) is 0 Å². The molecule has 2 heterocycles. The molecule has 0 saturated carbocycles. The van der Waals surface area contributed by atoms with Gasteiger partial charge in [0.15, 0.2) is 0 Å². The molecule has 2 nitrogen and oxygen atoms in total. The smallest absolute Gasteiger partial charge is 0.131 e. The van der Waals surface area contributed by atoms with Crippen LogP contribution in [0.2, 0.25) is 0 Å². The van der Waals surface area contributed by atoms with Crippen LogP contribution in [-0.2, 0) is 0 Å². The minimum atomic E-state index is 0.456. The second-order valence-electron chi connectivity index (χ2n) is 5.96. The Morgan fingerprint density at radius 3 is 1.81 bits per heavy atom. The summed E-state index contributed by atoms with van der Waals surface area (Å²) in [6, 6.07) is 8.46. The summed E-state index contributed by atoms with van der Waals surface area (Å²) in [5, 5.41) is 2.37. The van der Waals surface area contributed by atoms with E-state index in [4.69, 9.17) is 9.47 Å². The number of allylic oxidation sites excluding steroid dienone is 2. The fraction of sp³-hybridized carbons (Fsp3) is 0.263. The molecule has 2 unspecified atom stereocenters. The molecule has 0 radical (unpaired) electrons. The lowest BCUT2D eigenvalue weighted by molar-refractivity contribution is 0.358. The molecule has 0 spiro atoms. The van der Waals surface area contributed by atoms with E-state index < -0.39 is 0 Å². The lowest BCUT2D eigenvalue weighted by atomic mass is 9.94. The fourth-order valence-electron chi connectivity index (χ4n) is 4.02. The number of fused-ring (bicyclic) bond motifs is 3. The molecule has 21 heavy (non-hydrogen) atoms. The van der Waals surface area contributed by atoms with Gasteiger partial charge in [0.25, 0.3) is 0 Å². The molecule has 2 aromatic rings. The minimum absolute atomic E-state index is 0.456. The summed E-state index contributed by atoms with van der Waals surface area (Å²) in [5.41, 5.74) is 2.71. The number of hydrogen-bond donors (Lipinski definition) is 0. The molecule has 0 amide bonds. The van der Waals surface area contributed by atoms with Crippen molar-refractivity contribution >= 4 is 10.8 Å². The average molecular weight is 276 g/mol. The van der Waals surface area contributed by atoms with E-state index in [2.05, 4.69) is 48.6 Å². The Bertz CT molecular complexity index is 734. The fourth-order valence-corrected chi connectivity index (χ4v) is 4.02. The average Bonchev–Trinajstić information content (AvgIpc) is 2.69. The lowest BCUT2D eigenvalue weighted by Gasteiger charge is -2.19. The van der Waals surface area contributed by atoms with E-state index in [9.17, 15) is 0 Å². The van der Waals surface area contributed by atoms with Crippen LogP contribution >= 0.6 is 0 Å². The summed E-state index contributed by atoms with van der Waals surface area (Å²) in [7, 11) is 0. The van der Waals surface area contributed by atoms with Crippen LogP contribution in [0.15, 0.2) is 48.6 Å². The Balaban J connectivity index is 1.96. The summed E-state index contributed by atoms with van der Waals surface area (Å²) in [4.78, 5) is 0. The Hall–Kier alpha value is -2.22. The van der Waals surface area contributed by atoms with E-state index in [0.29, 0.717) is 25.0 Å². The quantitative estimate of drug-likeness (QED) is 0.668. The van der Waals surface area contributed by atoms with Crippen molar-refractivity contribution in [3.63, 3.8) is 0 Å². The van der Waals surface area contributed by atoms with Crippen LogP contribution < -0.4 is 9.47 Å². The molecule has 5 rings (SSSR count). The minimum Gasteiger partial charge on any atom is -0.489 e. The van der Waals surface area contributed by atoms with E-state index in [-0.39, 0.29) is 0 Å². The maximum atomic E-state index is 6.10. The SMILES string of the molecule is C1=CC2CC3C=CCOc4c3c2c(c2ccccc42)OC1. The Kier molecular flexibility index (Phi) is 2.25. The molecule has 1 aliphatic carbocycles. The van der Waals surface area contributed by atoms with E-state index in [1.54, 1.807) is 0 Å². The number of rotatable bonds is 0. The van der Waals surface area contributed by atoms with Crippen molar-refractivity contribution in [2.45, 2.75) is 18.3 Å². The van der Waals surface area contributed by atoms with E-state index in [0.717, 1.165) is 17.9 Å². The summed E-state index contributed by atoms with van der Waals surface area (Å²) in [6.45, 7) is 1.32. The molecule has 0 fully saturated rings. The second-order valence-corrected chi connectivity index (χ2v) is 5.96. The number of ether oxygens (including phenoxy) is 2. The van der Waals surface area contributed by atoms with E-state index >= 15 is 0 Å². The van der Waals surface area contributed by atoms with Crippen molar-refractivity contribution in [3.05, 3.63) is 59.7 Å². The molecule has 2 aliphatic heterocycles. The molecule has 2 heteroatoms. The molecule has 3 aliphatic rings. The first-order valence-electron chi connectivity index (χ1n) is 7.61. The van der Waals surface area contributed by atoms with Gasteiger partial charge in [-0.25, -0.2) is 0 Å². The maximum absolute atomic E-state index is 6.10. The lowest BCUT2D eigenvalue weighted by Crippen LogP contribution is -2.02. The molecule has 104 valence electrons. The standard InChI is InChI=1S/C19H16O2/c1-2-8-15-14(7-1)18-16-12(5-3-9-20-18)11-13-6-4-10-21-19(15)17(13)16/h1-8,12-13H,9-11H2. The summed E-state index contributed by atoms with van der Waals surface area (Å²) in [5.74, 6) is 3.05. The van der Waals surface area contributed by atoms with Gasteiger partial charge in [-0.3, -0.25) is 0 Å². The van der Waals surface area contributed by atoms with Crippen LogP contribution in [0.5, 0.6) is 11.5 Å². The van der Waals surface area contributed by atoms with E-state index in [1.807, 2.05) is 0 Å². The molecular weight excluding hydrogens is 260 g/mol. The number of hydrogen-bond acceptors (Lipinski definition) is 2. The highest BCUT2D eigenvalue weighted by Gasteiger charge is 2.37. The van der Waals surface area contributed by atoms with Gasteiger partial charge in [0.1, 0.15) is 24.7 Å². The first kappa shape index (κ1) is 11.4. The van der Waals surface area contributed by atoms with Crippen LogP contribution in [-0.4, -0.2) is 13.2 Å². The Morgan fingerprint density at radius 2 is 1.29 bits per heavy atom. The largest absolute Gasteiger partial charge is 0.489 e. The molecule has 2 aromatic carbocycles. The Morgan fingerprint density at radius 1 is 0.762 bits per heavy atom. The zero-order valence-electron chi connectivity index (χ0n) is 11.7. The zero-order chi connectivity index (χ0) is 13.8. The predicted octanol–water partition coefficient (Wildman–Crippen LogP) is 4.31. The van der Waals surface area contributed by atoms with Gasteiger partial charge in [-0.1, -0.05) is 48.6 Å². The molecule has 0 saturated heterocycles. The van der Waals surface area contributed by atoms with Gasteiger partial charge < -0.3 is 9.47 Å². The third kappa shape index (κ3) is 1.48. The van der Waals surface area contributed by atoms with Gasteiger partial charge in [0.05, 0.1) is 0 Å². The van der Waals surface area contributed by atoms with Crippen molar-refractivity contribution in [1.82, 2.24) is 0 Å². The van der Waals surface area contributed by atoms with Gasteiger partial charge in [-0.15, -0.1) is 0 Å². The van der Waals surface area contributed by atoms with Crippen LogP contribution in [0, 0.1) is 0 Å². The maximum Gasteiger partial charge on any atom is 0.131 e. The van der Waals surface area contributed by atoms with Gasteiger partial charge in [-0.2, -0.15) is 0 Å². The second kappa shape index (κ2) is 4.14. The van der Waals surface area contributed by atoms with Crippen LogP contribution in [0.1, 0.15) is 29.4 Å². The summed E-state index contributed by atoms with van der Waals surface area (Å²) in [6.07, 6.45) is 10.1.